The lowest BCUT2D eigenvalue weighted by atomic mass is 10.1. The van der Waals surface area contributed by atoms with Crippen molar-refractivity contribution in [2.45, 2.75) is 19.4 Å². The number of thiophene rings is 1. The molecule has 1 aromatic heterocycles. The smallest absolute Gasteiger partial charge is 0.0704 e. The minimum Gasteiger partial charge on any atom is -0.391 e. The summed E-state index contributed by atoms with van der Waals surface area (Å²) in [5.41, 5.74) is 0. The molecule has 2 atom stereocenters. The van der Waals surface area contributed by atoms with Gasteiger partial charge in [0.05, 0.1) is 6.10 Å². The number of β-amino-alcohol motifs (C(OH)–C–C–N with tert-alkyl or cyclic N) is 1. The Labute approximate surface area is 89.2 Å². The van der Waals surface area contributed by atoms with E-state index in [4.69, 9.17) is 0 Å². The molecule has 0 saturated carbocycles. The molecule has 1 aliphatic heterocycles. The second kappa shape index (κ2) is 4.43. The lowest BCUT2D eigenvalue weighted by molar-refractivity contribution is 0.148. The first-order chi connectivity index (χ1) is 6.75. The summed E-state index contributed by atoms with van der Waals surface area (Å²) in [5.74, 6) is 0.443. The summed E-state index contributed by atoms with van der Waals surface area (Å²) in [7, 11) is 0. The monoisotopic (exact) mass is 211 g/mol. The van der Waals surface area contributed by atoms with E-state index in [1.165, 1.54) is 4.88 Å². The molecule has 1 N–H and O–H groups in total. The van der Waals surface area contributed by atoms with Crippen LogP contribution in [0.25, 0.3) is 0 Å². The molecule has 0 aliphatic carbocycles. The molecule has 2 nitrogen and oxygen atoms in total. The maximum absolute atomic E-state index is 9.59. The van der Waals surface area contributed by atoms with Crippen LogP contribution in [0.2, 0.25) is 0 Å². The Morgan fingerprint density at radius 3 is 3.00 bits per heavy atom. The summed E-state index contributed by atoms with van der Waals surface area (Å²) in [6, 6.07) is 4.28. The molecule has 2 rings (SSSR count). The van der Waals surface area contributed by atoms with Gasteiger partial charge in [-0.3, -0.25) is 0 Å². The van der Waals surface area contributed by atoms with Crippen LogP contribution in [-0.2, 0) is 6.42 Å². The van der Waals surface area contributed by atoms with E-state index in [0.717, 1.165) is 26.1 Å². The van der Waals surface area contributed by atoms with E-state index in [-0.39, 0.29) is 6.10 Å². The normalized spacial score (nSPS) is 28.4. The molecule has 14 heavy (non-hydrogen) atoms. The van der Waals surface area contributed by atoms with Crippen molar-refractivity contribution in [2.24, 2.45) is 5.92 Å². The first kappa shape index (κ1) is 10.1. The highest BCUT2D eigenvalue weighted by Crippen LogP contribution is 2.17. The third-order valence-electron chi connectivity index (χ3n) is 2.90. The summed E-state index contributed by atoms with van der Waals surface area (Å²) in [6.07, 6.45) is 1.01. The van der Waals surface area contributed by atoms with Crippen LogP contribution in [0.1, 0.15) is 11.8 Å². The van der Waals surface area contributed by atoms with Crippen LogP contribution >= 0.6 is 11.3 Å². The minimum atomic E-state index is -0.113. The van der Waals surface area contributed by atoms with E-state index >= 15 is 0 Å². The van der Waals surface area contributed by atoms with Gasteiger partial charge in [-0.25, -0.2) is 0 Å². The van der Waals surface area contributed by atoms with E-state index in [1.54, 1.807) is 0 Å². The molecule has 78 valence electrons. The molecule has 0 spiro atoms. The van der Waals surface area contributed by atoms with Crippen LogP contribution in [0.3, 0.4) is 0 Å². The van der Waals surface area contributed by atoms with E-state index in [9.17, 15) is 5.11 Å². The molecule has 3 heteroatoms. The Hall–Kier alpha value is -0.380. The number of hydrogen-bond acceptors (Lipinski definition) is 3. The zero-order chi connectivity index (χ0) is 9.97. The Bertz CT molecular complexity index is 263. The predicted molar refractivity (Wildman–Crippen MR) is 59.6 cm³/mol. The van der Waals surface area contributed by atoms with Gasteiger partial charge >= 0.3 is 0 Å². The van der Waals surface area contributed by atoms with Gasteiger partial charge in [0.25, 0.3) is 0 Å². The van der Waals surface area contributed by atoms with Crippen molar-refractivity contribution in [3.63, 3.8) is 0 Å². The van der Waals surface area contributed by atoms with Gasteiger partial charge in [-0.05, 0) is 23.8 Å². The minimum absolute atomic E-state index is 0.113. The van der Waals surface area contributed by atoms with Crippen molar-refractivity contribution in [2.75, 3.05) is 19.6 Å². The SMILES string of the molecule is CC1CN(CCc2cccs2)CC1O. The fraction of sp³-hybridized carbons (Fsp3) is 0.636. The number of likely N-dealkylation sites (tertiary alicyclic amines) is 1. The molecule has 1 saturated heterocycles. The molecule has 1 aliphatic rings. The number of aliphatic hydroxyl groups excluding tert-OH is 1. The largest absolute Gasteiger partial charge is 0.391 e. The Morgan fingerprint density at radius 2 is 2.43 bits per heavy atom. The average Bonchev–Trinajstić information content (AvgIpc) is 2.74. The molecule has 0 bridgehead atoms. The maximum atomic E-state index is 9.59. The molecule has 1 fully saturated rings. The summed E-state index contributed by atoms with van der Waals surface area (Å²) in [5, 5.41) is 11.7. The summed E-state index contributed by atoms with van der Waals surface area (Å²) >= 11 is 1.82. The second-order valence-electron chi connectivity index (χ2n) is 4.13. The van der Waals surface area contributed by atoms with Crippen molar-refractivity contribution < 1.29 is 5.11 Å². The molecule has 2 unspecified atom stereocenters. The number of nitrogens with zero attached hydrogens (tertiary/aromatic N) is 1. The van der Waals surface area contributed by atoms with E-state index in [0.29, 0.717) is 5.92 Å². The topological polar surface area (TPSA) is 23.5 Å². The number of hydrogen-bond donors (Lipinski definition) is 1. The fourth-order valence-corrected chi connectivity index (χ4v) is 2.65. The van der Waals surface area contributed by atoms with Gasteiger partial charge < -0.3 is 10.0 Å². The van der Waals surface area contributed by atoms with Crippen molar-refractivity contribution in [3.05, 3.63) is 22.4 Å². The van der Waals surface area contributed by atoms with Gasteiger partial charge in [-0.15, -0.1) is 11.3 Å². The Balaban J connectivity index is 1.77. The molecule has 0 aromatic carbocycles. The van der Waals surface area contributed by atoms with Crippen LogP contribution in [-0.4, -0.2) is 35.7 Å². The molecule has 0 radical (unpaired) electrons. The summed E-state index contributed by atoms with van der Waals surface area (Å²) < 4.78 is 0. The Kier molecular flexibility index (Phi) is 3.21. The van der Waals surface area contributed by atoms with Gasteiger partial charge in [0, 0.05) is 24.5 Å². The van der Waals surface area contributed by atoms with Crippen LogP contribution in [0.5, 0.6) is 0 Å². The highest BCUT2D eigenvalue weighted by Gasteiger charge is 2.26. The number of aliphatic hydroxyl groups is 1. The average molecular weight is 211 g/mol. The second-order valence-corrected chi connectivity index (χ2v) is 5.17. The highest BCUT2D eigenvalue weighted by atomic mass is 32.1. The molecule has 0 amide bonds. The molecular formula is C11H17NOS. The highest BCUT2D eigenvalue weighted by molar-refractivity contribution is 7.09. The van der Waals surface area contributed by atoms with Crippen molar-refractivity contribution >= 4 is 11.3 Å². The van der Waals surface area contributed by atoms with Gasteiger partial charge in [0.2, 0.25) is 0 Å². The maximum Gasteiger partial charge on any atom is 0.0704 e. The van der Waals surface area contributed by atoms with Gasteiger partial charge in [-0.2, -0.15) is 0 Å². The zero-order valence-electron chi connectivity index (χ0n) is 8.52. The summed E-state index contributed by atoms with van der Waals surface area (Å²) in [4.78, 5) is 3.80. The standard InChI is InChI=1S/C11H17NOS/c1-9-7-12(8-11(9)13)5-4-10-3-2-6-14-10/h2-3,6,9,11,13H,4-5,7-8H2,1H3. The first-order valence-electron chi connectivity index (χ1n) is 5.18. The lowest BCUT2D eigenvalue weighted by Crippen LogP contribution is -2.24. The lowest BCUT2D eigenvalue weighted by Gasteiger charge is -2.13. The Morgan fingerprint density at radius 1 is 1.57 bits per heavy atom. The van der Waals surface area contributed by atoms with E-state index in [1.807, 2.05) is 11.3 Å². The van der Waals surface area contributed by atoms with Gasteiger partial charge in [0.1, 0.15) is 0 Å². The quantitative estimate of drug-likeness (QED) is 0.821. The van der Waals surface area contributed by atoms with E-state index < -0.39 is 0 Å². The molecule has 2 heterocycles. The molecule has 1 aromatic rings. The third-order valence-corrected chi connectivity index (χ3v) is 3.84. The van der Waals surface area contributed by atoms with Crippen LogP contribution in [0, 0.1) is 5.92 Å². The van der Waals surface area contributed by atoms with Crippen molar-refractivity contribution in [3.8, 4) is 0 Å². The van der Waals surface area contributed by atoms with Crippen LogP contribution in [0.15, 0.2) is 17.5 Å². The van der Waals surface area contributed by atoms with E-state index in [2.05, 4.69) is 29.3 Å². The third kappa shape index (κ3) is 2.35. The van der Waals surface area contributed by atoms with Crippen molar-refractivity contribution in [1.29, 1.82) is 0 Å². The number of rotatable bonds is 3. The van der Waals surface area contributed by atoms with Gasteiger partial charge in [0.15, 0.2) is 0 Å². The van der Waals surface area contributed by atoms with Gasteiger partial charge in [-0.1, -0.05) is 13.0 Å². The fourth-order valence-electron chi connectivity index (χ4n) is 1.95. The summed E-state index contributed by atoms with van der Waals surface area (Å²) in [6.45, 7) is 5.11. The van der Waals surface area contributed by atoms with Crippen molar-refractivity contribution in [1.82, 2.24) is 4.90 Å². The predicted octanol–water partition coefficient (Wildman–Crippen LogP) is 1.60. The first-order valence-corrected chi connectivity index (χ1v) is 6.06. The van der Waals surface area contributed by atoms with Crippen LogP contribution in [0.4, 0.5) is 0 Å². The zero-order valence-corrected chi connectivity index (χ0v) is 9.33. The molecular weight excluding hydrogens is 194 g/mol. The van der Waals surface area contributed by atoms with Crippen LogP contribution < -0.4 is 0 Å².